The molecule has 0 saturated heterocycles. The smallest absolute Gasteiger partial charge is 0.265 e. The number of nitrogens with zero attached hydrogens (tertiary/aromatic N) is 2. The number of aryl methyl sites for hydroxylation is 1. The normalized spacial score (nSPS) is 11.2. The van der Waals surface area contributed by atoms with E-state index < -0.39 is 10.0 Å². The molecule has 3 N–H and O–H groups in total. The van der Waals surface area contributed by atoms with Crippen molar-refractivity contribution < 1.29 is 13.2 Å². The first-order chi connectivity index (χ1) is 9.81. The van der Waals surface area contributed by atoms with Crippen LogP contribution in [0.5, 0.6) is 5.88 Å². The number of anilines is 2. The van der Waals surface area contributed by atoms with Gasteiger partial charge in [-0.05, 0) is 41.1 Å². The maximum absolute atomic E-state index is 12.4. The molecular weight excluding hydrogens is 360 g/mol. The third-order valence-electron chi connectivity index (χ3n) is 2.51. The fourth-order valence-corrected chi connectivity index (χ4v) is 3.53. The number of nitrogens with one attached hydrogen (secondary N) is 1. The van der Waals surface area contributed by atoms with Crippen molar-refractivity contribution in [2.24, 2.45) is 0 Å². The molecule has 0 amide bonds. The summed E-state index contributed by atoms with van der Waals surface area (Å²) >= 11 is 3.18. The molecule has 0 fully saturated rings. The number of benzene rings is 1. The predicted octanol–water partition coefficient (Wildman–Crippen LogP) is 1.94. The quantitative estimate of drug-likeness (QED) is 0.794. The zero-order valence-electron chi connectivity index (χ0n) is 11.3. The molecule has 0 radical (unpaired) electrons. The van der Waals surface area contributed by atoms with E-state index in [0.717, 1.165) is 0 Å². The average Bonchev–Trinajstić information content (AvgIpc) is 2.40. The molecule has 0 atom stereocenters. The summed E-state index contributed by atoms with van der Waals surface area (Å²) in [5.74, 6) is 0.202. The van der Waals surface area contributed by atoms with E-state index in [-0.39, 0.29) is 16.7 Å². The lowest BCUT2D eigenvalue weighted by atomic mass is 10.3. The van der Waals surface area contributed by atoms with E-state index in [9.17, 15) is 8.42 Å². The van der Waals surface area contributed by atoms with Crippen molar-refractivity contribution in [3.63, 3.8) is 0 Å². The van der Waals surface area contributed by atoms with Gasteiger partial charge in [0.25, 0.3) is 10.0 Å². The van der Waals surface area contributed by atoms with Gasteiger partial charge < -0.3 is 10.5 Å². The van der Waals surface area contributed by atoms with Crippen molar-refractivity contribution in [1.29, 1.82) is 0 Å². The number of aromatic nitrogens is 2. The third-order valence-corrected chi connectivity index (χ3v) is 4.83. The highest BCUT2D eigenvalue weighted by Gasteiger charge is 2.20. The first-order valence-corrected chi connectivity index (χ1v) is 8.07. The molecule has 0 spiro atoms. The second-order valence-corrected chi connectivity index (χ2v) is 6.68. The van der Waals surface area contributed by atoms with Gasteiger partial charge in [0.15, 0.2) is 0 Å². The van der Waals surface area contributed by atoms with E-state index in [2.05, 4.69) is 30.6 Å². The first-order valence-electron chi connectivity index (χ1n) is 5.79. The topological polar surface area (TPSA) is 107 Å². The molecule has 21 heavy (non-hydrogen) atoms. The summed E-state index contributed by atoms with van der Waals surface area (Å²) in [6.07, 6.45) is 0. The number of methoxy groups -OCH3 is 1. The Morgan fingerprint density at radius 2 is 2.00 bits per heavy atom. The fourth-order valence-electron chi connectivity index (χ4n) is 1.59. The molecule has 1 aromatic carbocycles. The molecule has 9 heteroatoms. The largest absolute Gasteiger partial charge is 0.481 e. The Morgan fingerprint density at radius 3 is 2.67 bits per heavy atom. The van der Waals surface area contributed by atoms with Gasteiger partial charge in [0.1, 0.15) is 4.90 Å². The highest BCUT2D eigenvalue weighted by Crippen LogP contribution is 2.26. The van der Waals surface area contributed by atoms with Gasteiger partial charge in [-0.1, -0.05) is 0 Å². The molecule has 0 saturated carbocycles. The molecule has 1 aromatic heterocycles. The molecule has 0 aliphatic carbocycles. The van der Waals surface area contributed by atoms with Gasteiger partial charge in [0.05, 0.1) is 7.11 Å². The molecule has 7 nitrogen and oxygen atoms in total. The minimum Gasteiger partial charge on any atom is -0.481 e. The Bertz CT molecular complexity index is 780. The fraction of sp³-hybridized carbons (Fsp3) is 0.167. The molecule has 2 aromatic rings. The zero-order chi connectivity index (χ0) is 15.6. The Morgan fingerprint density at radius 1 is 1.29 bits per heavy atom. The number of rotatable bonds is 4. The molecule has 112 valence electrons. The Balaban J connectivity index is 2.42. The number of hydrogen-bond acceptors (Lipinski definition) is 6. The van der Waals surface area contributed by atoms with Crippen LogP contribution in [0.4, 0.5) is 11.6 Å². The highest BCUT2D eigenvalue weighted by molar-refractivity contribution is 9.10. The van der Waals surface area contributed by atoms with Gasteiger partial charge in [0, 0.05) is 21.9 Å². The van der Waals surface area contributed by atoms with Crippen molar-refractivity contribution in [1.82, 2.24) is 9.97 Å². The minimum atomic E-state index is -3.87. The molecule has 2 rings (SSSR count). The number of nitrogen functional groups attached to an aromatic ring is 1. The maximum Gasteiger partial charge on any atom is 0.265 e. The standard InChI is InChI=1S/C12H13BrN4O3S/c1-7-5-11(20-2)16-12(15-7)17-21(18,19)10-6-8(14)3-4-9(10)13/h3-6H,14H2,1-2H3,(H,15,16,17). The van der Waals surface area contributed by atoms with Crippen LogP contribution in [0.1, 0.15) is 5.69 Å². The third kappa shape index (κ3) is 3.61. The van der Waals surface area contributed by atoms with Gasteiger partial charge in [-0.15, -0.1) is 0 Å². The maximum atomic E-state index is 12.4. The Hall–Kier alpha value is -1.87. The monoisotopic (exact) mass is 372 g/mol. The summed E-state index contributed by atoms with van der Waals surface area (Å²) < 4.78 is 32.4. The van der Waals surface area contributed by atoms with Crippen molar-refractivity contribution >= 4 is 37.6 Å². The van der Waals surface area contributed by atoms with E-state index in [1.165, 1.54) is 13.2 Å². The van der Waals surface area contributed by atoms with E-state index in [4.69, 9.17) is 10.5 Å². The molecule has 0 unspecified atom stereocenters. The minimum absolute atomic E-state index is 0.00609. The number of hydrogen-bond donors (Lipinski definition) is 2. The molecular formula is C12H13BrN4O3S. The lowest BCUT2D eigenvalue weighted by molar-refractivity contribution is 0.397. The predicted molar refractivity (Wildman–Crippen MR) is 82.7 cm³/mol. The van der Waals surface area contributed by atoms with Crippen molar-refractivity contribution in [2.75, 3.05) is 17.6 Å². The van der Waals surface area contributed by atoms with Gasteiger partial charge in [-0.2, -0.15) is 4.98 Å². The van der Waals surface area contributed by atoms with E-state index in [1.807, 2.05) is 0 Å². The van der Waals surface area contributed by atoms with E-state index in [1.54, 1.807) is 25.1 Å². The zero-order valence-corrected chi connectivity index (χ0v) is 13.7. The first kappa shape index (κ1) is 15.5. The summed E-state index contributed by atoms with van der Waals surface area (Å²) in [6, 6.07) is 6.09. The van der Waals surface area contributed by atoms with Crippen molar-refractivity contribution in [3.8, 4) is 5.88 Å². The lowest BCUT2D eigenvalue weighted by Gasteiger charge is -2.10. The van der Waals surface area contributed by atoms with Crippen LogP contribution in [-0.2, 0) is 10.0 Å². The number of nitrogens with two attached hydrogens (primary N) is 1. The highest BCUT2D eigenvalue weighted by atomic mass is 79.9. The summed E-state index contributed by atoms with van der Waals surface area (Å²) in [4.78, 5) is 7.97. The van der Waals surface area contributed by atoms with Crippen LogP contribution < -0.4 is 15.2 Å². The SMILES string of the molecule is COc1cc(C)nc(NS(=O)(=O)c2cc(N)ccc2Br)n1. The van der Waals surface area contributed by atoms with Gasteiger partial charge in [-0.25, -0.2) is 18.1 Å². The van der Waals surface area contributed by atoms with Crippen LogP contribution in [0.2, 0.25) is 0 Å². The molecule has 1 heterocycles. The molecule has 0 aliphatic rings. The summed E-state index contributed by atoms with van der Waals surface area (Å²) in [5.41, 5.74) is 6.53. The van der Waals surface area contributed by atoms with E-state index >= 15 is 0 Å². The summed E-state index contributed by atoms with van der Waals surface area (Å²) in [5, 5.41) is 0. The molecule has 0 aliphatic heterocycles. The summed E-state index contributed by atoms with van der Waals surface area (Å²) in [6.45, 7) is 1.71. The Kier molecular flexibility index (Phi) is 4.33. The number of sulfonamides is 1. The molecule has 0 bridgehead atoms. The second-order valence-electron chi connectivity index (χ2n) is 4.17. The van der Waals surface area contributed by atoms with Crippen LogP contribution in [-0.4, -0.2) is 25.5 Å². The van der Waals surface area contributed by atoms with Crippen LogP contribution in [0.25, 0.3) is 0 Å². The van der Waals surface area contributed by atoms with Crippen molar-refractivity contribution in [2.45, 2.75) is 11.8 Å². The Labute approximate surface area is 130 Å². The van der Waals surface area contributed by atoms with Crippen molar-refractivity contribution in [3.05, 3.63) is 34.4 Å². The van der Waals surface area contributed by atoms with Crippen LogP contribution in [0.3, 0.4) is 0 Å². The van der Waals surface area contributed by atoms with Gasteiger partial charge in [0.2, 0.25) is 11.8 Å². The number of halogens is 1. The van der Waals surface area contributed by atoms with Crippen LogP contribution in [0.15, 0.2) is 33.6 Å². The average molecular weight is 373 g/mol. The number of ether oxygens (including phenoxy) is 1. The van der Waals surface area contributed by atoms with Crippen LogP contribution >= 0.6 is 15.9 Å². The van der Waals surface area contributed by atoms with Crippen LogP contribution in [0, 0.1) is 6.92 Å². The lowest BCUT2D eigenvalue weighted by Crippen LogP contribution is -2.16. The van der Waals surface area contributed by atoms with Gasteiger partial charge >= 0.3 is 0 Å². The summed E-state index contributed by atoms with van der Waals surface area (Å²) in [7, 11) is -2.43. The second kappa shape index (κ2) is 5.86. The van der Waals surface area contributed by atoms with E-state index in [0.29, 0.717) is 15.9 Å². The van der Waals surface area contributed by atoms with Gasteiger partial charge in [-0.3, -0.25) is 0 Å².